The maximum atomic E-state index is 11.8. The number of benzene rings is 1. The zero-order chi connectivity index (χ0) is 20.7. The lowest BCUT2D eigenvalue weighted by atomic mass is 9.76. The number of nitrogens with zero attached hydrogens (tertiary/aromatic N) is 2. The van der Waals surface area contributed by atoms with Crippen LogP contribution in [0.5, 0.6) is 11.5 Å². The minimum atomic E-state index is -0.655. The molecule has 1 amide bonds. The van der Waals surface area contributed by atoms with E-state index >= 15 is 0 Å². The lowest BCUT2D eigenvalue weighted by Crippen LogP contribution is -2.39. The van der Waals surface area contributed by atoms with E-state index in [4.69, 9.17) is 19.9 Å². The third-order valence-electron chi connectivity index (χ3n) is 4.98. The molecule has 0 saturated heterocycles. The average molecular weight is 454 g/mol. The first-order chi connectivity index (χ1) is 14.0. The number of allylic oxidation sites excluding steroid dienone is 4. The number of methoxy groups -OCH3 is 2. The lowest BCUT2D eigenvalue weighted by molar-refractivity contribution is -0.113. The van der Waals surface area contributed by atoms with Crippen molar-refractivity contribution in [1.29, 1.82) is 5.26 Å². The molecular weight excluding hydrogens is 438 g/mol. The van der Waals surface area contributed by atoms with Crippen LogP contribution >= 0.6 is 15.9 Å². The molecule has 0 radical (unpaired) electrons. The second-order valence-electron chi connectivity index (χ2n) is 6.52. The van der Waals surface area contributed by atoms with E-state index in [1.54, 1.807) is 26.4 Å². The van der Waals surface area contributed by atoms with Gasteiger partial charge in [0.1, 0.15) is 11.6 Å². The standard InChI is InChI=1S/C21H16BrN3O4/c1-27-15-8-11(7-14(22)20(15)28-2)17-12-5-3-10-4-6-16(26)25-18(10)19(12)29-21(24)13(17)9-23/h3-8,17,19H,24H2,1-2H3. The molecule has 2 atom stereocenters. The number of hydrogen-bond acceptors (Lipinski definition) is 6. The summed E-state index contributed by atoms with van der Waals surface area (Å²) >= 11 is 3.50. The predicted octanol–water partition coefficient (Wildman–Crippen LogP) is 3.05. The lowest BCUT2D eigenvalue weighted by Gasteiger charge is -2.36. The Balaban J connectivity index is 1.92. The Morgan fingerprint density at radius 1 is 1.24 bits per heavy atom. The summed E-state index contributed by atoms with van der Waals surface area (Å²) in [5.74, 6) is 0.216. The van der Waals surface area contributed by atoms with Crippen molar-refractivity contribution >= 4 is 27.5 Å². The molecule has 2 aliphatic heterocycles. The number of carbonyl (C=O) groups is 1. The van der Waals surface area contributed by atoms with Crippen molar-refractivity contribution in [1.82, 2.24) is 0 Å². The van der Waals surface area contributed by atoms with Gasteiger partial charge in [-0.1, -0.05) is 12.2 Å². The maximum absolute atomic E-state index is 11.8. The molecule has 2 unspecified atom stereocenters. The summed E-state index contributed by atoms with van der Waals surface area (Å²) in [5.41, 5.74) is 9.18. The number of rotatable bonds is 3. The van der Waals surface area contributed by atoms with Gasteiger partial charge in [0.25, 0.3) is 5.91 Å². The Morgan fingerprint density at radius 2 is 2.03 bits per heavy atom. The fraction of sp³-hybridized carbons (Fsp3) is 0.190. The van der Waals surface area contributed by atoms with Crippen LogP contribution in [-0.2, 0) is 9.53 Å². The van der Waals surface area contributed by atoms with Crippen molar-refractivity contribution in [3.8, 4) is 17.6 Å². The summed E-state index contributed by atoms with van der Waals surface area (Å²) in [6.07, 6.45) is 6.19. The van der Waals surface area contributed by atoms with Gasteiger partial charge in [0.15, 0.2) is 23.5 Å². The molecule has 4 rings (SSSR count). The molecule has 0 spiro atoms. The molecule has 0 aromatic heterocycles. The molecule has 146 valence electrons. The fourth-order valence-corrected chi connectivity index (χ4v) is 4.32. The van der Waals surface area contributed by atoms with E-state index in [9.17, 15) is 10.1 Å². The normalized spacial score (nSPS) is 22.4. The fourth-order valence-electron chi connectivity index (χ4n) is 3.70. The minimum absolute atomic E-state index is 0.0107. The van der Waals surface area contributed by atoms with Crippen molar-refractivity contribution in [2.75, 3.05) is 14.2 Å². The number of fused-ring (bicyclic) bond motifs is 3. The van der Waals surface area contributed by atoms with E-state index in [0.29, 0.717) is 21.7 Å². The van der Waals surface area contributed by atoms with Crippen LogP contribution in [0, 0.1) is 11.3 Å². The third kappa shape index (κ3) is 3.04. The summed E-state index contributed by atoms with van der Waals surface area (Å²) in [5, 5.41) is 9.78. The molecule has 1 aliphatic carbocycles. The SMILES string of the molecule is COc1cc(C2C3=CC=C4C=CC(=O)N=C4C3OC(N)=C2C#N)cc(Br)c1OC. The highest BCUT2D eigenvalue weighted by molar-refractivity contribution is 9.10. The Morgan fingerprint density at radius 3 is 2.72 bits per heavy atom. The number of dihydropyridines is 1. The topological polar surface area (TPSA) is 107 Å². The molecule has 29 heavy (non-hydrogen) atoms. The summed E-state index contributed by atoms with van der Waals surface area (Å²) in [7, 11) is 3.09. The zero-order valence-electron chi connectivity index (χ0n) is 15.6. The molecule has 1 aromatic carbocycles. The number of aliphatic imine (C=N–C) groups is 1. The van der Waals surface area contributed by atoms with E-state index in [1.165, 1.54) is 6.08 Å². The number of hydrogen-bond donors (Lipinski definition) is 1. The van der Waals surface area contributed by atoms with Crippen LogP contribution in [0.15, 0.2) is 68.5 Å². The van der Waals surface area contributed by atoms with Crippen LogP contribution in [0.2, 0.25) is 0 Å². The molecule has 3 aliphatic rings. The monoisotopic (exact) mass is 453 g/mol. The summed E-state index contributed by atoms with van der Waals surface area (Å²) in [6.45, 7) is 0. The number of ether oxygens (including phenoxy) is 3. The first-order valence-corrected chi connectivity index (χ1v) is 9.48. The Bertz CT molecular complexity index is 1120. The zero-order valence-corrected chi connectivity index (χ0v) is 17.2. The second kappa shape index (κ2) is 7.26. The van der Waals surface area contributed by atoms with Gasteiger partial charge in [-0.15, -0.1) is 0 Å². The van der Waals surface area contributed by atoms with Crippen molar-refractivity contribution in [2.24, 2.45) is 10.7 Å². The van der Waals surface area contributed by atoms with E-state index in [2.05, 4.69) is 27.0 Å². The first-order valence-electron chi connectivity index (χ1n) is 8.69. The van der Waals surface area contributed by atoms with Crippen molar-refractivity contribution < 1.29 is 19.0 Å². The maximum Gasteiger partial charge on any atom is 0.270 e. The molecule has 0 fully saturated rings. The minimum Gasteiger partial charge on any atom is -0.493 e. The van der Waals surface area contributed by atoms with Gasteiger partial charge in [-0.05, 0) is 45.3 Å². The van der Waals surface area contributed by atoms with Crippen LogP contribution < -0.4 is 15.2 Å². The van der Waals surface area contributed by atoms with Gasteiger partial charge in [0.05, 0.1) is 24.4 Å². The molecule has 0 bridgehead atoms. The van der Waals surface area contributed by atoms with Crippen LogP contribution in [0.3, 0.4) is 0 Å². The quantitative estimate of drug-likeness (QED) is 0.753. The van der Waals surface area contributed by atoms with Gasteiger partial charge in [-0.25, -0.2) is 4.99 Å². The third-order valence-corrected chi connectivity index (χ3v) is 5.57. The molecular formula is C21H16BrN3O4. The van der Waals surface area contributed by atoms with Crippen LogP contribution in [0.4, 0.5) is 0 Å². The van der Waals surface area contributed by atoms with Crippen LogP contribution in [-0.4, -0.2) is 31.9 Å². The van der Waals surface area contributed by atoms with Gasteiger partial charge in [-0.3, -0.25) is 4.79 Å². The molecule has 7 nitrogen and oxygen atoms in total. The van der Waals surface area contributed by atoms with Gasteiger partial charge in [-0.2, -0.15) is 5.26 Å². The van der Waals surface area contributed by atoms with E-state index < -0.39 is 12.0 Å². The van der Waals surface area contributed by atoms with Crippen molar-refractivity contribution in [3.63, 3.8) is 0 Å². The summed E-state index contributed by atoms with van der Waals surface area (Å²) < 4.78 is 17.4. The number of amides is 1. The molecule has 1 aromatic rings. The van der Waals surface area contributed by atoms with E-state index in [0.717, 1.165) is 16.7 Å². The van der Waals surface area contributed by atoms with Crippen molar-refractivity contribution in [2.45, 2.75) is 12.0 Å². The van der Waals surface area contributed by atoms with Crippen molar-refractivity contribution in [3.05, 3.63) is 69.1 Å². The Hall–Kier alpha value is -3.31. The first kappa shape index (κ1) is 19.0. The average Bonchev–Trinajstić information content (AvgIpc) is 2.72. The number of nitrogens with two attached hydrogens (primary N) is 1. The van der Waals surface area contributed by atoms with Crippen LogP contribution in [0.1, 0.15) is 11.5 Å². The second-order valence-corrected chi connectivity index (χ2v) is 7.37. The largest absolute Gasteiger partial charge is 0.493 e. The highest BCUT2D eigenvalue weighted by Crippen LogP contribution is 2.46. The van der Waals surface area contributed by atoms with E-state index in [-0.39, 0.29) is 17.4 Å². The number of nitriles is 1. The number of halogens is 1. The molecule has 8 heteroatoms. The Labute approximate surface area is 175 Å². The molecule has 0 saturated carbocycles. The molecule has 2 heterocycles. The summed E-state index contributed by atoms with van der Waals surface area (Å²) in [4.78, 5) is 16.0. The van der Waals surface area contributed by atoms with Gasteiger partial charge in [0.2, 0.25) is 0 Å². The van der Waals surface area contributed by atoms with Gasteiger partial charge < -0.3 is 19.9 Å². The van der Waals surface area contributed by atoms with Gasteiger partial charge in [0, 0.05) is 17.6 Å². The highest BCUT2D eigenvalue weighted by Gasteiger charge is 2.41. The summed E-state index contributed by atoms with van der Waals surface area (Å²) in [6, 6.07) is 5.82. The Kier molecular flexibility index (Phi) is 4.76. The predicted molar refractivity (Wildman–Crippen MR) is 109 cm³/mol. The molecule has 2 N–H and O–H groups in total. The smallest absolute Gasteiger partial charge is 0.270 e. The highest BCUT2D eigenvalue weighted by atomic mass is 79.9. The number of carbonyl (C=O) groups excluding carboxylic acids is 1. The van der Waals surface area contributed by atoms with E-state index in [1.807, 2.05) is 18.2 Å². The van der Waals surface area contributed by atoms with Gasteiger partial charge >= 0.3 is 0 Å². The van der Waals surface area contributed by atoms with Crippen LogP contribution in [0.25, 0.3) is 0 Å².